The van der Waals surface area contributed by atoms with Crippen LogP contribution in [0.2, 0.25) is 0 Å². The number of nitrogens with one attached hydrogen (secondary N) is 2. The monoisotopic (exact) mass is 663 g/mol. The molecule has 5 N–H and O–H groups in total. The summed E-state index contributed by atoms with van der Waals surface area (Å²) >= 11 is 0. The molecule has 12 heteroatoms. The first-order valence-electron chi connectivity index (χ1n) is 8.84. The SMILES string of the molecule is CC(C)CC(=O)NC(C)C(=O)O.NC(=O)COCCOCCOCCN[C-]=O.[Fm]. The minimum atomic E-state index is -1.01. The van der Waals surface area contributed by atoms with Crippen LogP contribution < -0.4 is 16.4 Å². The third-order valence-electron chi connectivity index (χ3n) is 2.77. The molecule has 0 saturated heterocycles. The maximum absolute atomic E-state index is 11.0. The Bertz CT molecular complexity index is 452. The van der Waals surface area contributed by atoms with Crippen molar-refractivity contribution in [2.45, 2.75) is 33.2 Å². The van der Waals surface area contributed by atoms with E-state index >= 15 is 0 Å². The molecule has 11 nitrogen and oxygen atoms in total. The van der Waals surface area contributed by atoms with E-state index in [-0.39, 0.29) is 18.4 Å². The molecule has 0 saturated carbocycles. The number of carboxylic acids is 1. The van der Waals surface area contributed by atoms with Crippen molar-refractivity contribution in [3.8, 4) is 0 Å². The van der Waals surface area contributed by atoms with E-state index in [1.54, 1.807) is 0 Å². The number of carboxylic acid groups (broad SMARTS) is 1. The number of carbonyl (C=O) groups excluding carboxylic acids is 3. The van der Waals surface area contributed by atoms with Crippen LogP contribution >= 0.6 is 0 Å². The van der Waals surface area contributed by atoms with Gasteiger partial charge in [0.1, 0.15) is 12.6 Å². The first-order chi connectivity index (χ1) is 13.2. The normalized spacial score (nSPS) is 10.8. The third-order valence-corrected chi connectivity index (χ3v) is 2.77. The second-order valence-corrected chi connectivity index (χ2v) is 6.00. The van der Waals surface area contributed by atoms with Crippen LogP contribution in [0, 0.1) is 5.92 Å². The van der Waals surface area contributed by atoms with E-state index in [1.807, 2.05) is 13.8 Å². The summed E-state index contributed by atoms with van der Waals surface area (Å²) in [6.07, 6.45) is 1.91. The molecule has 0 heterocycles. The Morgan fingerprint density at radius 3 is 1.97 bits per heavy atom. The summed E-state index contributed by atoms with van der Waals surface area (Å²) in [5.41, 5.74) is 4.85. The molecule has 0 rings (SSSR count). The van der Waals surface area contributed by atoms with Gasteiger partial charge in [-0.05, 0) is 12.8 Å². The summed E-state index contributed by atoms with van der Waals surface area (Å²) < 4.78 is 15.1. The van der Waals surface area contributed by atoms with Crippen molar-refractivity contribution >= 4 is 24.2 Å². The maximum Gasteiger partial charge on any atom is 0.325 e. The van der Waals surface area contributed by atoms with Crippen molar-refractivity contribution in [3.05, 3.63) is 0 Å². The summed E-state index contributed by atoms with van der Waals surface area (Å²) in [5.74, 6) is -1.46. The maximum atomic E-state index is 11.0. The number of ether oxygens (including phenoxy) is 3. The van der Waals surface area contributed by atoms with Crippen LogP contribution in [0.3, 0.4) is 0 Å². The van der Waals surface area contributed by atoms with Crippen LogP contribution in [0.15, 0.2) is 0 Å². The molecule has 0 aliphatic carbocycles. The molecular formula is C17H32FmN3O8-. The van der Waals surface area contributed by atoms with Gasteiger partial charge in [0.2, 0.25) is 11.8 Å². The Kier molecular flexibility index (Phi) is 22.1. The Hall–Kier alpha value is -3.24. The van der Waals surface area contributed by atoms with Crippen LogP contribution in [0.1, 0.15) is 27.2 Å². The van der Waals surface area contributed by atoms with Crippen LogP contribution in [0.4, 0.5) is 0 Å². The molecule has 0 spiro atoms. The smallest absolute Gasteiger partial charge is 0.325 e. The molecule has 1 unspecified atom stereocenters. The van der Waals surface area contributed by atoms with E-state index in [0.717, 1.165) is 0 Å². The molecule has 1 atom stereocenters. The quantitative estimate of drug-likeness (QED) is 0.0909. The zero-order valence-corrected chi connectivity index (χ0v) is 19.4. The van der Waals surface area contributed by atoms with Crippen molar-refractivity contribution in [1.82, 2.24) is 10.6 Å². The second-order valence-electron chi connectivity index (χ2n) is 6.00. The fraction of sp³-hybridized carbons (Fsp3) is 0.765. The van der Waals surface area contributed by atoms with E-state index in [1.165, 1.54) is 13.3 Å². The second kappa shape index (κ2) is 21.1. The minimum absolute atomic E-state index is 0. The minimum Gasteiger partial charge on any atom is -0.528 e. The molecule has 3 amide bonds. The molecule has 0 fully saturated rings. The number of hydrogen-bond acceptors (Lipinski definition) is 7. The van der Waals surface area contributed by atoms with Gasteiger partial charge >= 0.3 is 5.97 Å². The van der Waals surface area contributed by atoms with Crippen LogP contribution in [0.25, 0.3) is 0 Å². The summed E-state index contributed by atoms with van der Waals surface area (Å²) in [4.78, 5) is 41.3. The third kappa shape index (κ3) is 27.1. The predicted molar refractivity (Wildman–Crippen MR) is 100 cm³/mol. The van der Waals surface area contributed by atoms with Gasteiger partial charge in [-0.25, -0.2) is 0 Å². The average Bonchev–Trinajstić information content (AvgIpc) is 2.59. The van der Waals surface area contributed by atoms with Gasteiger partial charge in [0.05, 0.1) is 33.0 Å². The summed E-state index contributed by atoms with van der Waals surface area (Å²) in [7, 11) is 0. The van der Waals surface area contributed by atoms with Crippen LogP contribution in [-0.2, 0) is 33.4 Å². The van der Waals surface area contributed by atoms with Gasteiger partial charge in [-0.15, -0.1) is 0 Å². The van der Waals surface area contributed by atoms with Gasteiger partial charge in [-0.1, -0.05) is 13.8 Å². The molecule has 176 valence electrons. The molecule has 29 heavy (non-hydrogen) atoms. The number of rotatable bonds is 16. The van der Waals surface area contributed by atoms with E-state index in [0.29, 0.717) is 46.0 Å². The van der Waals surface area contributed by atoms with Crippen LogP contribution in [0.5, 0.6) is 0 Å². The van der Waals surface area contributed by atoms with Crippen LogP contribution in [-0.4, -0.2) is 81.5 Å². The zero-order valence-electron chi connectivity index (χ0n) is 17.0. The fourth-order valence-corrected chi connectivity index (χ4v) is 1.52. The van der Waals surface area contributed by atoms with Gasteiger partial charge in [0.15, 0.2) is 0 Å². The molecular weight excluding hydrogens is 631 g/mol. The summed E-state index contributed by atoms with van der Waals surface area (Å²) in [5, 5.41) is 13.2. The largest absolute Gasteiger partial charge is 0.528 e. The number of primary amides is 1. The Labute approximate surface area is 165 Å². The van der Waals surface area contributed by atoms with Crippen molar-refractivity contribution in [2.75, 3.05) is 46.2 Å². The molecule has 0 radical (unpaired) electrons. The Morgan fingerprint density at radius 2 is 1.52 bits per heavy atom. The molecule has 0 aliphatic rings. The summed E-state index contributed by atoms with van der Waals surface area (Å²) in [6.45, 7) is 7.62. The fourth-order valence-electron chi connectivity index (χ4n) is 1.52. The van der Waals surface area contributed by atoms with Gasteiger partial charge < -0.3 is 40.5 Å². The number of nitrogens with two attached hydrogens (primary N) is 1. The zero-order chi connectivity index (χ0) is 21.8. The average molecular weight is 663 g/mol. The Morgan fingerprint density at radius 1 is 1.00 bits per heavy atom. The van der Waals surface area contributed by atoms with Gasteiger partial charge in [0.25, 0.3) is 0 Å². The summed E-state index contributed by atoms with van der Waals surface area (Å²) in [6, 6.07) is -0.795. The van der Waals surface area contributed by atoms with E-state index in [9.17, 15) is 19.2 Å². The van der Waals surface area contributed by atoms with Crippen molar-refractivity contribution in [2.24, 2.45) is 11.7 Å². The topological polar surface area (TPSA) is 166 Å². The molecule has 0 aromatic heterocycles. The van der Waals surface area contributed by atoms with Gasteiger partial charge in [0, 0.05) is 13.0 Å². The Balaban J connectivity index is -0.000000468. The molecule has 0 aliphatic heterocycles. The van der Waals surface area contributed by atoms with E-state index < -0.39 is 17.9 Å². The van der Waals surface area contributed by atoms with E-state index in [2.05, 4.69) is 10.6 Å². The van der Waals surface area contributed by atoms with Crippen molar-refractivity contribution < 1.29 is 38.5 Å². The van der Waals surface area contributed by atoms with Gasteiger partial charge in [-0.3, -0.25) is 14.4 Å². The number of hydrogen-bond donors (Lipinski definition) is 4. The predicted octanol–water partition coefficient (Wildman–Crippen LogP) is -1.20. The van der Waals surface area contributed by atoms with Crippen molar-refractivity contribution in [3.63, 3.8) is 0 Å². The van der Waals surface area contributed by atoms with Gasteiger partial charge in [-0.2, -0.15) is 6.41 Å². The van der Waals surface area contributed by atoms with Crippen molar-refractivity contribution in [1.29, 1.82) is 0 Å². The number of carbonyl (C=O) groups is 3. The van der Waals surface area contributed by atoms with E-state index in [4.69, 9.17) is 25.1 Å². The first-order valence-corrected chi connectivity index (χ1v) is 8.84. The standard InChI is InChI=1S/C9H17N2O5.C8H15NO3.Fm/c10-9(13)7-16-6-5-15-4-3-14-2-1-11-8-12;1-5(2)4-7(10)9-6(3)8(11)12;/h1-7H2,(H2,10,13)(H,11,12);5-6H,4H2,1-3H3,(H,9,10)(H,11,12);/q-1;;. The number of aliphatic carboxylic acids is 1. The first kappa shape index (κ1) is 30.5. The molecule has 0 aromatic carbocycles. The molecule has 0 bridgehead atoms. The molecule has 0 aromatic rings. The number of amides is 3.